The Hall–Kier alpha value is -1.43. The molecule has 1 aromatic rings. The zero-order valence-corrected chi connectivity index (χ0v) is 15.4. The maximum absolute atomic E-state index is 6.43. The fourth-order valence-corrected chi connectivity index (χ4v) is 3.32. The quantitative estimate of drug-likeness (QED) is 0.751. The third-order valence-electron chi connectivity index (χ3n) is 4.93. The molecule has 25 heavy (non-hydrogen) atoms. The molecule has 1 N–H and O–H groups in total. The molecule has 5 nitrogen and oxygen atoms in total. The second kappa shape index (κ2) is 6.71. The molecule has 2 heterocycles. The van der Waals surface area contributed by atoms with Crippen LogP contribution in [0.1, 0.15) is 25.3 Å². The largest absolute Gasteiger partial charge is 0.489 e. The van der Waals surface area contributed by atoms with Gasteiger partial charge in [0.05, 0.1) is 30.3 Å². The highest BCUT2D eigenvalue weighted by Gasteiger charge is 2.44. The third-order valence-corrected chi connectivity index (χ3v) is 5.22. The summed E-state index contributed by atoms with van der Waals surface area (Å²) in [4.78, 5) is 0. The molecule has 0 amide bonds. The maximum atomic E-state index is 6.43. The molecule has 1 saturated heterocycles. The predicted molar refractivity (Wildman–Crippen MR) is 96.3 cm³/mol. The van der Waals surface area contributed by atoms with Gasteiger partial charge in [0.25, 0.3) is 0 Å². The van der Waals surface area contributed by atoms with Crippen LogP contribution in [-0.4, -0.2) is 45.7 Å². The van der Waals surface area contributed by atoms with Gasteiger partial charge in [0, 0.05) is 30.5 Å². The van der Waals surface area contributed by atoms with Crippen LogP contribution in [0.2, 0.25) is 5.02 Å². The first kappa shape index (κ1) is 17.0. The second-order valence-electron chi connectivity index (χ2n) is 7.30. The molecule has 1 aromatic carbocycles. The second-order valence-corrected chi connectivity index (χ2v) is 7.71. The monoisotopic (exact) mass is 365 g/mol. The third kappa shape index (κ3) is 3.46. The summed E-state index contributed by atoms with van der Waals surface area (Å²) in [6.45, 7) is 4.59. The van der Waals surface area contributed by atoms with Gasteiger partial charge in [-0.25, -0.2) is 0 Å². The molecule has 1 unspecified atom stereocenters. The van der Waals surface area contributed by atoms with E-state index >= 15 is 0 Å². The fraction of sp³-hybridized carbons (Fsp3) is 0.579. The predicted octanol–water partition coefficient (Wildman–Crippen LogP) is 3.26. The van der Waals surface area contributed by atoms with Crippen LogP contribution < -0.4 is 14.8 Å². The zero-order valence-electron chi connectivity index (χ0n) is 14.6. The number of ether oxygens (including phenoxy) is 4. The lowest BCUT2D eigenvalue weighted by atomic mass is 9.80. The molecule has 1 aliphatic carbocycles. The van der Waals surface area contributed by atoms with Crippen LogP contribution in [-0.2, 0) is 9.47 Å². The maximum Gasteiger partial charge on any atom is 0.141 e. The minimum atomic E-state index is -0.0250. The highest BCUT2D eigenvalue weighted by Crippen LogP contribution is 2.44. The van der Waals surface area contributed by atoms with Gasteiger partial charge in [-0.05, 0) is 25.0 Å². The number of nitrogens with one attached hydrogen (secondary N) is 1. The van der Waals surface area contributed by atoms with Gasteiger partial charge in [0.2, 0.25) is 0 Å². The lowest BCUT2D eigenvalue weighted by Crippen LogP contribution is -2.51. The number of hydrogen-bond donors (Lipinski definition) is 1. The Morgan fingerprint density at radius 3 is 2.72 bits per heavy atom. The number of hydrogen-bond acceptors (Lipinski definition) is 5. The molecular formula is C19H24ClNO4. The van der Waals surface area contributed by atoms with Gasteiger partial charge in [-0.3, -0.25) is 0 Å². The first-order valence-corrected chi connectivity index (χ1v) is 9.15. The van der Waals surface area contributed by atoms with E-state index in [-0.39, 0.29) is 11.5 Å². The number of halogens is 1. The van der Waals surface area contributed by atoms with Crippen LogP contribution >= 0.6 is 11.6 Å². The average Bonchev–Trinajstić information content (AvgIpc) is 3.37. The van der Waals surface area contributed by atoms with Crippen molar-refractivity contribution in [1.29, 1.82) is 0 Å². The van der Waals surface area contributed by atoms with Crippen LogP contribution in [0.25, 0.3) is 5.70 Å². The normalized spacial score (nSPS) is 23.8. The summed E-state index contributed by atoms with van der Waals surface area (Å²) in [6, 6.07) is 4.38. The number of rotatable bonds is 7. The molecule has 2 aliphatic heterocycles. The number of fused-ring (bicyclic) bond motifs is 1. The Labute approximate surface area is 153 Å². The first-order chi connectivity index (χ1) is 12.1. The van der Waals surface area contributed by atoms with Gasteiger partial charge in [-0.15, -0.1) is 0 Å². The van der Waals surface area contributed by atoms with Crippen LogP contribution in [0.3, 0.4) is 0 Å². The van der Waals surface area contributed by atoms with E-state index in [2.05, 4.69) is 18.3 Å². The van der Waals surface area contributed by atoms with Crippen molar-refractivity contribution in [3.05, 3.63) is 28.8 Å². The van der Waals surface area contributed by atoms with Crippen molar-refractivity contribution in [2.75, 3.05) is 33.5 Å². The molecule has 0 spiro atoms. The van der Waals surface area contributed by atoms with Gasteiger partial charge >= 0.3 is 0 Å². The van der Waals surface area contributed by atoms with Crippen molar-refractivity contribution in [3.8, 4) is 11.5 Å². The van der Waals surface area contributed by atoms with Crippen molar-refractivity contribution in [2.45, 2.75) is 31.9 Å². The Kier molecular flexibility index (Phi) is 4.56. The molecule has 4 rings (SSSR count). The summed E-state index contributed by atoms with van der Waals surface area (Å²) in [5.41, 5.74) is 2.11. The van der Waals surface area contributed by atoms with Crippen molar-refractivity contribution < 1.29 is 18.9 Å². The lowest BCUT2D eigenvalue weighted by molar-refractivity contribution is -0.141. The smallest absolute Gasteiger partial charge is 0.141 e. The SMILES string of the molecule is COCCOc1cc2c(cc1Cl)C(NC1CC1)=CC(C1(C)COC1)O2. The minimum Gasteiger partial charge on any atom is -0.489 e. The highest BCUT2D eigenvalue weighted by atomic mass is 35.5. The summed E-state index contributed by atoms with van der Waals surface area (Å²) in [7, 11) is 1.65. The van der Waals surface area contributed by atoms with Crippen LogP contribution in [0.15, 0.2) is 18.2 Å². The van der Waals surface area contributed by atoms with E-state index < -0.39 is 0 Å². The zero-order chi connectivity index (χ0) is 17.4. The molecule has 0 bridgehead atoms. The summed E-state index contributed by atoms with van der Waals surface area (Å²) >= 11 is 6.43. The number of benzene rings is 1. The van der Waals surface area contributed by atoms with Crippen molar-refractivity contribution in [3.63, 3.8) is 0 Å². The molecule has 6 heteroatoms. The Morgan fingerprint density at radius 2 is 2.08 bits per heavy atom. The highest BCUT2D eigenvalue weighted by molar-refractivity contribution is 6.32. The molecular weight excluding hydrogens is 342 g/mol. The van der Waals surface area contributed by atoms with Gasteiger partial charge in [0.1, 0.15) is 24.2 Å². The first-order valence-electron chi connectivity index (χ1n) is 8.77. The molecule has 2 fully saturated rings. The van der Waals surface area contributed by atoms with Gasteiger partial charge in [-0.2, -0.15) is 0 Å². The fourth-order valence-electron chi connectivity index (χ4n) is 3.11. The summed E-state index contributed by atoms with van der Waals surface area (Å²) < 4.78 is 22.5. The van der Waals surface area contributed by atoms with E-state index in [0.29, 0.717) is 43.2 Å². The minimum absolute atomic E-state index is 0.00484. The Balaban J connectivity index is 1.63. The van der Waals surface area contributed by atoms with Gasteiger partial charge in [0.15, 0.2) is 0 Å². The van der Waals surface area contributed by atoms with Crippen LogP contribution in [0, 0.1) is 5.41 Å². The number of methoxy groups -OCH3 is 1. The topological polar surface area (TPSA) is 49.0 Å². The molecule has 0 aromatic heterocycles. The van der Waals surface area contributed by atoms with E-state index in [9.17, 15) is 0 Å². The molecule has 0 radical (unpaired) electrons. The summed E-state index contributed by atoms with van der Waals surface area (Å²) in [6.07, 6.45) is 4.59. The average molecular weight is 366 g/mol. The van der Waals surface area contributed by atoms with E-state index in [1.807, 2.05) is 12.1 Å². The summed E-state index contributed by atoms with van der Waals surface area (Å²) in [5, 5.41) is 4.20. The molecule has 3 aliphatic rings. The van der Waals surface area contributed by atoms with Crippen LogP contribution in [0.4, 0.5) is 0 Å². The van der Waals surface area contributed by atoms with Crippen LogP contribution in [0.5, 0.6) is 11.5 Å². The van der Waals surface area contributed by atoms with Gasteiger partial charge in [-0.1, -0.05) is 18.5 Å². The van der Waals surface area contributed by atoms with Crippen molar-refractivity contribution >= 4 is 17.3 Å². The molecule has 1 atom stereocenters. The Morgan fingerprint density at radius 1 is 1.28 bits per heavy atom. The van der Waals surface area contributed by atoms with E-state index in [0.717, 1.165) is 17.0 Å². The summed E-state index contributed by atoms with van der Waals surface area (Å²) in [5.74, 6) is 1.43. The van der Waals surface area contributed by atoms with Crippen molar-refractivity contribution in [1.82, 2.24) is 5.32 Å². The van der Waals surface area contributed by atoms with E-state index in [1.54, 1.807) is 7.11 Å². The van der Waals surface area contributed by atoms with Crippen molar-refractivity contribution in [2.24, 2.45) is 5.41 Å². The lowest BCUT2D eigenvalue weighted by Gasteiger charge is -2.44. The van der Waals surface area contributed by atoms with Gasteiger partial charge < -0.3 is 24.3 Å². The van der Waals surface area contributed by atoms with E-state index in [1.165, 1.54) is 12.8 Å². The molecule has 136 valence electrons. The Bertz CT molecular complexity index is 682. The standard InChI is InChI=1S/C19H24ClNO4/c1-19(10-23-11-19)18-8-15(21-12-3-4-12)13-7-14(20)17(9-16(13)25-18)24-6-5-22-2/h7-9,12,18,21H,3-6,10-11H2,1-2H3. The van der Waals surface area contributed by atoms with E-state index in [4.69, 9.17) is 30.5 Å². The molecule has 1 saturated carbocycles.